The van der Waals surface area contributed by atoms with E-state index in [2.05, 4.69) is 142 Å². The van der Waals surface area contributed by atoms with Crippen LogP contribution < -0.4 is 0 Å². The Balaban J connectivity index is 0.000000142. The van der Waals surface area contributed by atoms with E-state index in [-0.39, 0.29) is 0 Å². The number of nitrogens with one attached hydrogen (secondary N) is 3. The lowest BCUT2D eigenvalue weighted by Gasteiger charge is -1.99. The summed E-state index contributed by atoms with van der Waals surface area (Å²) in [6.07, 6.45) is 40.4. The maximum Gasteiger partial charge on any atom is 0.180 e. The van der Waals surface area contributed by atoms with Gasteiger partial charge in [0.2, 0.25) is 0 Å². The van der Waals surface area contributed by atoms with E-state index in [9.17, 15) is 0 Å². The van der Waals surface area contributed by atoms with Crippen LogP contribution in [0.4, 0.5) is 0 Å². The van der Waals surface area contributed by atoms with E-state index in [0.717, 1.165) is 49.7 Å². The van der Waals surface area contributed by atoms with Crippen molar-refractivity contribution in [2.75, 3.05) is 0 Å². The summed E-state index contributed by atoms with van der Waals surface area (Å²) in [5.74, 6) is 0. The highest BCUT2D eigenvalue weighted by Gasteiger charge is 1.99. The molecule has 20 nitrogen and oxygen atoms in total. The van der Waals surface area contributed by atoms with E-state index < -0.39 is 0 Å². The monoisotopic (exact) mass is 1340 g/mol. The van der Waals surface area contributed by atoms with Crippen molar-refractivity contribution < 1.29 is 4.42 Å². The second-order valence-corrected chi connectivity index (χ2v) is 20.4. The van der Waals surface area contributed by atoms with E-state index in [0.29, 0.717) is 0 Å². The average molecular weight is 1340 g/mol. The summed E-state index contributed by atoms with van der Waals surface area (Å²) < 4.78 is 4.47. The number of imidazole rings is 1. The predicted octanol–water partition coefficient (Wildman–Crippen LogP) is 18.0. The molecule has 0 atom stereocenters. The fourth-order valence-corrected chi connectivity index (χ4v) is 8.56. The highest BCUT2D eigenvalue weighted by Crippen LogP contribution is 2.19. The van der Waals surface area contributed by atoms with Crippen LogP contribution in [0, 0.1) is 0 Å². The minimum absolute atomic E-state index is 0.949. The Kier molecular flexibility index (Phi) is 33.7. The molecule has 0 aliphatic heterocycles. The molecule has 13 heterocycles. The molecule has 496 valence electrons. The summed E-state index contributed by atoms with van der Waals surface area (Å²) in [5, 5.41) is 23.4. The van der Waals surface area contributed by atoms with Gasteiger partial charge in [-0.25, -0.2) is 34.9 Å². The lowest BCUT2D eigenvalue weighted by Crippen LogP contribution is -1.85. The van der Waals surface area contributed by atoms with Crippen LogP contribution in [0.3, 0.4) is 0 Å². The number of benzene rings is 7. The number of thiophene rings is 1. The first kappa shape index (κ1) is 72.6. The number of H-pyrrole nitrogens is 3. The van der Waals surface area contributed by atoms with Crippen molar-refractivity contribution in [2.24, 2.45) is 0 Å². The zero-order chi connectivity index (χ0) is 69.6. The Hall–Kier alpha value is -14.2. The predicted molar refractivity (Wildman–Crippen MR) is 404 cm³/mol. The van der Waals surface area contributed by atoms with E-state index in [4.69, 9.17) is 0 Å². The molecule has 20 aromatic rings. The van der Waals surface area contributed by atoms with Crippen molar-refractivity contribution in [2.45, 2.75) is 0 Å². The van der Waals surface area contributed by atoms with Gasteiger partial charge in [0.05, 0.1) is 62.2 Å². The molecule has 0 aliphatic rings. The summed E-state index contributed by atoms with van der Waals surface area (Å²) in [4.78, 5) is 57.7. The average Bonchev–Trinajstić information content (AvgIpc) is 1.27. The number of fused-ring (bicyclic) bond motifs is 7. The third-order valence-corrected chi connectivity index (χ3v) is 13.3. The number of nitrogens with zero attached hydrogens (tertiary/aromatic N) is 16. The molecule has 21 heteroatoms. The lowest BCUT2D eigenvalue weighted by molar-refractivity contribution is 0.558. The molecule has 0 amide bonds. The van der Waals surface area contributed by atoms with Crippen molar-refractivity contribution in [1.82, 2.24) is 95.2 Å². The molecule has 20 rings (SSSR count). The SMILES string of the molecule is c1c[nH]cn1.c1cc[nH]c1.c1ccc2cnccc2c1.c1ccc2nc3ccccc3cc2c1.c1ccc2nc3ccccc3nc2c1.c1ccc2ncccc2c1.c1ccc2nccnc2c1.c1ccnnc1.c1ccsc1.c1cn[nH]c1.c1cnccn1.c1cncnc1.c1cocn1. The number of aromatic amines is 3. The van der Waals surface area contributed by atoms with Crippen molar-refractivity contribution in [1.29, 1.82) is 0 Å². The Labute approximate surface area is 586 Å². The number of rotatable bonds is 0. The van der Waals surface area contributed by atoms with Gasteiger partial charge in [-0.2, -0.15) is 26.6 Å². The van der Waals surface area contributed by atoms with Crippen LogP contribution in [0.25, 0.3) is 76.6 Å². The van der Waals surface area contributed by atoms with Crippen LogP contribution in [-0.4, -0.2) is 95.2 Å². The molecular weight excluding hydrogens is 1280 g/mol. The van der Waals surface area contributed by atoms with Gasteiger partial charge in [0.15, 0.2) is 6.39 Å². The molecule has 3 N–H and O–H groups in total. The number of pyridine rings is 3. The van der Waals surface area contributed by atoms with Gasteiger partial charge in [-0.15, -0.1) is 0 Å². The largest absolute Gasteiger partial charge is 0.452 e. The maximum atomic E-state index is 4.58. The number of para-hydroxylation sites is 9. The fourth-order valence-electron chi connectivity index (χ4n) is 8.11. The molecule has 0 spiro atoms. The van der Waals surface area contributed by atoms with E-state index in [1.165, 1.54) is 45.9 Å². The zero-order valence-electron chi connectivity index (χ0n) is 54.6. The third-order valence-electron chi connectivity index (χ3n) is 12.6. The first-order chi connectivity index (χ1) is 50.3. The van der Waals surface area contributed by atoms with Crippen LogP contribution in [-0.2, 0) is 0 Å². The van der Waals surface area contributed by atoms with E-state index in [1.54, 1.807) is 117 Å². The first-order valence-corrected chi connectivity index (χ1v) is 32.2. The van der Waals surface area contributed by atoms with Gasteiger partial charge >= 0.3 is 0 Å². The molecule has 0 radical (unpaired) electrons. The van der Waals surface area contributed by atoms with Crippen molar-refractivity contribution in [3.05, 3.63) is 403 Å². The van der Waals surface area contributed by atoms with Crippen molar-refractivity contribution in [3.8, 4) is 0 Å². The van der Waals surface area contributed by atoms with Gasteiger partial charge < -0.3 is 14.4 Å². The molecule has 0 unspecified atom stereocenters. The molecular formula is C80H69N19OS. The Morgan fingerprint density at radius 3 is 1.15 bits per heavy atom. The van der Waals surface area contributed by atoms with Crippen LogP contribution in [0.15, 0.2) is 407 Å². The maximum absolute atomic E-state index is 4.58. The molecule has 13 aromatic heterocycles. The molecule has 0 aliphatic carbocycles. The van der Waals surface area contributed by atoms with Gasteiger partial charge in [0.25, 0.3) is 0 Å². The minimum Gasteiger partial charge on any atom is -0.452 e. The minimum atomic E-state index is 0.949. The molecule has 0 fully saturated rings. The summed E-state index contributed by atoms with van der Waals surface area (Å²) in [5.41, 5.74) is 8.88. The van der Waals surface area contributed by atoms with Crippen molar-refractivity contribution in [3.63, 3.8) is 0 Å². The fraction of sp³-hybridized carbons (Fsp3) is 0. The molecule has 0 saturated heterocycles. The lowest BCUT2D eigenvalue weighted by atomic mass is 10.1. The second kappa shape index (κ2) is 46.8. The van der Waals surface area contributed by atoms with Crippen LogP contribution in [0.1, 0.15) is 0 Å². The van der Waals surface area contributed by atoms with Crippen LogP contribution >= 0.6 is 11.3 Å². The zero-order valence-corrected chi connectivity index (χ0v) is 55.4. The summed E-state index contributed by atoms with van der Waals surface area (Å²) in [6, 6.07) is 79.7. The molecule has 7 aromatic carbocycles. The van der Waals surface area contributed by atoms with Gasteiger partial charge in [-0.3, -0.25) is 35.0 Å². The van der Waals surface area contributed by atoms with E-state index >= 15 is 0 Å². The molecule has 0 saturated carbocycles. The first-order valence-electron chi connectivity index (χ1n) is 31.2. The molecule has 0 bridgehead atoms. The van der Waals surface area contributed by atoms with Crippen LogP contribution in [0.2, 0.25) is 0 Å². The summed E-state index contributed by atoms with van der Waals surface area (Å²) in [6.45, 7) is 0. The van der Waals surface area contributed by atoms with Gasteiger partial charge in [0.1, 0.15) is 12.6 Å². The number of aromatic nitrogens is 19. The Morgan fingerprint density at radius 1 is 0.277 bits per heavy atom. The summed E-state index contributed by atoms with van der Waals surface area (Å²) >= 11 is 1.71. The van der Waals surface area contributed by atoms with Gasteiger partial charge in [-0.1, -0.05) is 133 Å². The number of oxazole rings is 1. The van der Waals surface area contributed by atoms with Gasteiger partial charge in [-0.05, 0) is 131 Å². The quantitative estimate of drug-likeness (QED) is 0.119. The number of hydrogen-bond acceptors (Lipinski definition) is 18. The van der Waals surface area contributed by atoms with Gasteiger partial charge in [0, 0.05) is 134 Å². The summed E-state index contributed by atoms with van der Waals surface area (Å²) in [7, 11) is 0. The van der Waals surface area contributed by atoms with Crippen LogP contribution in [0.5, 0.6) is 0 Å². The smallest absolute Gasteiger partial charge is 0.180 e. The van der Waals surface area contributed by atoms with Crippen molar-refractivity contribution >= 4 is 87.9 Å². The Bertz CT molecular complexity index is 4150. The second-order valence-electron chi connectivity index (χ2n) is 19.6. The topological polar surface area (TPSA) is 267 Å². The highest BCUT2D eigenvalue weighted by molar-refractivity contribution is 7.07. The Morgan fingerprint density at radius 2 is 0.782 bits per heavy atom. The highest BCUT2D eigenvalue weighted by atomic mass is 32.1. The standard InChI is InChI=1S/C13H9N.C12H8N2.2C9H7N.C8H6N2.3C4H4N2.C4H5N.C4H4S.2C3H4N2.C3H3NO/c1-3-7-12-10(5-1)9-11-6-2-4-8-13(11)14-12;1-2-6-10-9(5-1)13-11-7-3-4-8-12(11)14-10;1-2-6-9-8(4-1)5-3-7-10-9;1-2-4-9-7-10-6-5-8(9)3-1;1-2-4-8-7(3-1)9-5-6-10-8;1-2-6-4-3-5-1;1-2-5-4-6-3-1;1-2-4-6-5-3-1;2*1-2-4-5-3-1;1-2-5-3-4-1;1-2-4-5-3-1;1-2-5-3-4-1/h1-9H;1-8H;2*1-7H;1-6H;3*1-4H;1-5H;1-4H;2*1-3H,(H,4,5);1-3H. The third kappa shape index (κ3) is 29.6. The molecule has 101 heavy (non-hydrogen) atoms. The number of hydrogen-bond donors (Lipinski definition) is 3. The van der Waals surface area contributed by atoms with E-state index in [1.807, 2.05) is 236 Å². The normalized spacial score (nSPS) is 9.39.